The van der Waals surface area contributed by atoms with E-state index in [1.54, 1.807) is 0 Å². The lowest BCUT2D eigenvalue weighted by Crippen LogP contribution is -2.69. The van der Waals surface area contributed by atoms with Crippen LogP contribution in [0.3, 0.4) is 0 Å². The van der Waals surface area contributed by atoms with Crippen LogP contribution in [0, 0.1) is 0 Å². The van der Waals surface area contributed by atoms with E-state index < -0.39 is 8.32 Å². The minimum absolute atomic E-state index is 0.342. The van der Waals surface area contributed by atoms with E-state index in [1.807, 2.05) is 18.2 Å². The van der Waals surface area contributed by atoms with Gasteiger partial charge in [-0.3, -0.25) is 4.58 Å². The zero-order chi connectivity index (χ0) is 19.2. The minimum atomic E-state index is -2.78. The van der Waals surface area contributed by atoms with E-state index in [4.69, 9.17) is 9.46 Å². The molecule has 27 heavy (non-hydrogen) atoms. The maximum Gasteiger partial charge on any atom is 0.331 e. The predicted molar refractivity (Wildman–Crippen MR) is 115 cm³/mol. The molecule has 140 valence electrons. The number of benzene rings is 3. The largest absolute Gasteiger partial charge is 0.331 e. The van der Waals surface area contributed by atoms with Gasteiger partial charge in [-0.2, -0.15) is 0 Å². The lowest BCUT2D eigenvalue weighted by atomic mass is 10.0. The molecule has 2 nitrogen and oxygen atoms in total. The summed E-state index contributed by atoms with van der Waals surface area (Å²) in [6.07, 6.45) is 1.99. The Morgan fingerprint density at radius 1 is 0.667 bits per heavy atom. The highest BCUT2D eigenvalue weighted by atomic mass is 28.4. The van der Waals surface area contributed by atoms with Crippen LogP contribution < -0.4 is 15.6 Å². The Kier molecular flexibility index (Phi) is 6.27. The van der Waals surface area contributed by atoms with Crippen LogP contribution in [0.2, 0.25) is 0 Å². The van der Waals surface area contributed by atoms with Crippen molar-refractivity contribution < 1.29 is 9.46 Å². The molecule has 0 aliphatic carbocycles. The summed E-state index contributed by atoms with van der Waals surface area (Å²) in [5, 5.41) is 3.53. The van der Waals surface area contributed by atoms with Crippen molar-refractivity contribution in [2.75, 3.05) is 0 Å². The molecule has 0 aromatic heterocycles. The molecule has 0 N–H and O–H groups in total. The zero-order valence-electron chi connectivity index (χ0n) is 16.4. The van der Waals surface area contributed by atoms with Gasteiger partial charge in [-0.1, -0.05) is 104 Å². The van der Waals surface area contributed by atoms with Crippen molar-refractivity contribution in [2.45, 2.75) is 39.2 Å². The Hall–Kier alpha value is -2.20. The van der Waals surface area contributed by atoms with E-state index in [9.17, 15) is 0 Å². The van der Waals surface area contributed by atoms with Gasteiger partial charge < -0.3 is 0 Å². The summed E-state index contributed by atoms with van der Waals surface area (Å²) in [7, 11) is -2.78. The van der Waals surface area contributed by atoms with Crippen LogP contribution in [0.4, 0.5) is 0 Å². The Balaban J connectivity index is 2.17. The second-order valence-corrected chi connectivity index (χ2v) is 10.7. The van der Waals surface area contributed by atoms with Crippen LogP contribution in [0.1, 0.15) is 33.6 Å². The molecule has 0 amide bonds. The lowest BCUT2D eigenvalue weighted by Gasteiger charge is -2.35. The first-order valence-corrected chi connectivity index (χ1v) is 11.5. The van der Waals surface area contributed by atoms with Gasteiger partial charge >= 0.3 is 8.32 Å². The molecule has 3 heteroatoms. The van der Waals surface area contributed by atoms with E-state index in [-0.39, 0.29) is 5.60 Å². The van der Waals surface area contributed by atoms with Crippen LogP contribution in [-0.2, 0) is 9.46 Å². The fraction of sp³-hybridized carbons (Fsp3) is 0.250. The van der Waals surface area contributed by atoms with Gasteiger partial charge in [-0.05, 0) is 35.8 Å². The standard InChI is InChI=1S/C24H28O2Si/c1-4-20-24(2,3)25-26-27(21-14-8-5-9-15-21,22-16-10-6-11-17-22)23-18-12-7-13-19-23/h5-19H,4,20H2,1-3H3. The van der Waals surface area contributed by atoms with E-state index in [0.29, 0.717) is 0 Å². The summed E-state index contributed by atoms with van der Waals surface area (Å²) in [6.45, 7) is 6.36. The van der Waals surface area contributed by atoms with E-state index in [2.05, 4.69) is 93.6 Å². The SMILES string of the molecule is CCCC(C)(C)OO[Si](c1ccccc1)(c1ccccc1)c1ccccc1. The van der Waals surface area contributed by atoms with Crippen molar-refractivity contribution in [2.24, 2.45) is 0 Å². The molecule has 0 saturated heterocycles. The van der Waals surface area contributed by atoms with Crippen LogP contribution in [0.5, 0.6) is 0 Å². The zero-order valence-corrected chi connectivity index (χ0v) is 17.4. The fourth-order valence-electron chi connectivity index (χ4n) is 3.48. The Morgan fingerprint density at radius 3 is 1.37 bits per heavy atom. The minimum Gasteiger partial charge on any atom is -0.269 e. The number of hydrogen-bond acceptors (Lipinski definition) is 2. The molecular formula is C24H28O2Si. The first-order valence-electron chi connectivity index (χ1n) is 9.62. The van der Waals surface area contributed by atoms with Crippen LogP contribution >= 0.6 is 0 Å². The maximum absolute atomic E-state index is 6.54. The monoisotopic (exact) mass is 376 g/mol. The smallest absolute Gasteiger partial charge is 0.269 e. The molecule has 0 heterocycles. The first-order chi connectivity index (χ1) is 13.1. The highest BCUT2D eigenvalue weighted by Crippen LogP contribution is 2.20. The van der Waals surface area contributed by atoms with Gasteiger partial charge in [0.15, 0.2) is 0 Å². The molecule has 0 spiro atoms. The topological polar surface area (TPSA) is 18.5 Å². The third-order valence-corrected chi connectivity index (χ3v) is 8.56. The van der Waals surface area contributed by atoms with Gasteiger partial charge in [0.1, 0.15) is 0 Å². The van der Waals surface area contributed by atoms with Gasteiger partial charge in [-0.15, -0.1) is 0 Å². The van der Waals surface area contributed by atoms with Gasteiger partial charge in [0.05, 0.1) is 5.60 Å². The van der Waals surface area contributed by atoms with Gasteiger partial charge in [0.25, 0.3) is 0 Å². The molecule has 0 unspecified atom stereocenters. The van der Waals surface area contributed by atoms with E-state index in [0.717, 1.165) is 12.8 Å². The Bertz CT molecular complexity index is 720. The van der Waals surface area contributed by atoms with Gasteiger partial charge in [-0.25, -0.2) is 4.89 Å². The predicted octanol–water partition coefficient (Wildman–Crippen LogP) is 4.18. The van der Waals surface area contributed by atoms with Crippen LogP contribution in [0.15, 0.2) is 91.0 Å². The van der Waals surface area contributed by atoms with Crippen LogP contribution in [-0.4, -0.2) is 13.9 Å². The molecule has 3 rings (SSSR count). The first kappa shape index (κ1) is 19.6. The summed E-state index contributed by atoms with van der Waals surface area (Å²) in [5.74, 6) is 0. The third-order valence-electron chi connectivity index (χ3n) is 4.79. The van der Waals surface area contributed by atoms with E-state index in [1.165, 1.54) is 15.6 Å². The number of hydrogen-bond donors (Lipinski definition) is 0. The second kappa shape index (κ2) is 8.66. The summed E-state index contributed by atoms with van der Waals surface area (Å²) in [4.78, 5) is 6.16. The van der Waals surface area contributed by atoms with Crippen LogP contribution in [0.25, 0.3) is 0 Å². The molecule has 0 saturated carbocycles. The fourth-order valence-corrected chi connectivity index (χ4v) is 7.11. The van der Waals surface area contributed by atoms with Crippen molar-refractivity contribution in [3.8, 4) is 0 Å². The van der Waals surface area contributed by atoms with Crippen molar-refractivity contribution >= 4 is 23.9 Å². The molecule has 0 radical (unpaired) electrons. The Morgan fingerprint density at radius 2 is 1.04 bits per heavy atom. The van der Waals surface area contributed by atoms with Crippen molar-refractivity contribution in [3.63, 3.8) is 0 Å². The van der Waals surface area contributed by atoms with E-state index >= 15 is 0 Å². The molecule has 0 atom stereocenters. The molecule has 0 aliphatic heterocycles. The average Bonchev–Trinajstić information content (AvgIpc) is 2.71. The second-order valence-electron chi connectivity index (χ2n) is 7.46. The summed E-state index contributed by atoms with van der Waals surface area (Å²) in [5.41, 5.74) is -0.342. The Labute approximate surface area is 163 Å². The maximum atomic E-state index is 6.54. The van der Waals surface area contributed by atoms with Crippen molar-refractivity contribution in [3.05, 3.63) is 91.0 Å². The van der Waals surface area contributed by atoms with Crippen molar-refractivity contribution in [1.82, 2.24) is 0 Å². The summed E-state index contributed by atoms with van der Waals surface area (Å²) < 4.78 is 6.54. The van der Waals surface area contributed by atoms with Gasteiger partial charge in [0.2, 0.25) is 0 Å². The molecule has 3 aromatic carbocycles. The number of rotatable bonds is 8. The molecule has 0 fully saturated rings. The summed E-state index contributed by atoms with van der Waals surface area (Å²) >= 11 is 0. The third kappa shape index (κ3) is 4.38. The quantitative estimate of drug-likeness (QED) is 0.254. The molecule has 0 aliphatic rings. The normalized spacial score (nSPS) is 12.1. The van der Waals surface area contributed by atoms with Crippen molar-refractivity contribution in [1.29, 1.82) is 0 Å². The highest BCUT2D eigenvalue weighted by Gasteiger charge is 2.45. The summed E-state index contributed by atoms with van der Waals surface area (Å²) in [6, 6.07) is 31.5. The lowest BCUT2D eigenvalue weighted by molar-refractivity contribution is -0.289. The highest BCUT2D eigenvalue weighted by molar-refractivity contribution is 7.07. The molecule has 3 aromatic rings. The average molecular weight is 377 g/mol. The molecule has 0 bridgehead atoms. The van der Waals surface area contributed by atoms with Gasteiger partial charge in [0, 0.05) is 0 Å². The molecular weight excluding hydrogens is 348 g/mol.